The van der Waals surface area contributed by atoms with Gasteiger partial charge in [-0.3, -0.25) is 4.90 Å². The van der Waals surface area contributed by atoms with Gasteiger partial charge in [0.2, 0.25) is 0 Å². The van der Waals surface area contributed by atoms with Gasteiger partial charge in [0.05, 0.1) is 0 Å². The van der Waals surface area contributed by atoms with Gasteiger partial charge < -0.3 is 15.3 Å². The first-order valence-electron chi connectivity index (χ1n) is 6.47. The summed E-state index contributed by atoms with van der Waals surface area (Å²) in [6.45, 7) is 8.35. The summed E-state index contributed by atoms with van der Waals surface area (Å²) in [6, 6.07) is 0. The van der Waals surface area contributed by atoms with Gasteiger partial charge in [0, 0.05) is 57.8 Å². The zero-order chi connectivity index (χ0) is 11.4. The summed E-state index contributed by atoms with van der Waals surface area (Å²) in [7, 11) is 2.19. The Morgan fingerprint density at radius 2 is 1.88 bits per heavy atom. The van der Waals surface area contributed by atoms with Crippen LogP contribution in [0.25, 0.3) is 0 Å². The molecule has 2 N–H and O–H groups in total. The van der Waals surface area contributed by atoms with Crippen LogP contribution in [-0.2, 0) is 0 Å². The van der Waals surface area contributed by atoms with Gasteiger partial charge in [0.15, 0.2) is 0 Å². The summed E-state index contributed by atoms with van der Waals surface area (Å²) in [5, 5.41) is 12.7. The van der Waals surface area contributed by atoms with E-state index in [2.05, 4.69) is 22.2 Å². The summed E-state index contributed by atoms with van der Waals surface area (Å²) in [5.74, 6) is 0. The van der Waals surface area contributed by atoms with Crippen LogP contribution < -0.4 is 5.32 Å². The second-order valence-electron chi connectivity index (χ2n) is 5.48. The lowest BCUT2D eigenvalue weighted by Crippen LogP contribution is -2.46. The molecule has 2 aliphatic rings. The Morgan fingerprint density at radius 1 is 1.19 bits per heavy atom. The summed E-state index contributed by atoms with van der Waals surface area (Å²) in [4.78, 5) is 4.90. The molecule has 4 heteroatoms. The highest BCUT2D eigenvalue weighted by Gasteiger charge is 2.41. The maximum absolute atomic E-state index is 9.18. The van der Waals surface area contributed by atoms with Crippen LogP contribution in [0.1, 0.15) is 12.8 Å². The molecular formula is C12H25N3O. The van der Waals surface area contributed by atoms with Crippen LogP contribution >= 0.6 is 0 Å². The van der Waals surface area contributed by atoms with Crippen LogP contribution in [0.3, 0.4) is 0 Å². The fourth-order valence-electron chi connectivity index (χ4n) is 2.23. The van der Waals surface area contributed by atoms with Crippen molar-refractivity contribution in [3.63, 3.8) is 0 Å². The number of aliphatic hydroxyl groups excluding tert-OH is 1. The summed E-state index contributed by atoms with van der Waals surface area (Å²) in [6.07, 6.45) is 2.40. The molecule has 94 valence electrons. The lowest BCUT2D eigenvalue weighted by Gasteiger charge is -2.32. The largest absolute Gasteiger partial charge is 0.396 e. The number of likely N-dealkylation sites (N-methyl/N-ethyl adjacent to an activating group) is 1. The lowest BCUT2D eigenvalue weighted by atomic mass is 10.1. The molecule has 0 amide bonds. The predicted molar refractivity (Wildman–Crippen MR) is 65.6 cm³/mol. The first-order valence-corrected chi connectivity index (χ1v) is 6.47. The van der Waals surface area contributed by atoms with Gasteiger partial charge in [0.25, 0.3) is 0 Å². The third-order valence-electron chi connectivity index (χ3n) is 3.99. The van der Waals surface area contributed by atoms with E-state index in [1.165, 1.54) is 39.0 Å². The highest BCUT2D eigenvalue weighted by Crippen LogP contribution is 2.44. The van der Waals surface area contributed by atoms with E-state index in [4.69, 9.17) is 0 Å². The van der Waals surface area contributed by atoms with Crippen molar-refractivity contribution in [2.24, 2.45) is 5.41 Å². The van der Waals surface area contributed by atoms with Crippen molar-refractivity contribution < 1.29 is 5.11 Å². The molecule has 4 nitrogen and oxygen atoms in total. The molecule has 0 atom stereocenters. The fraction of sp³-hybridized carbons (Fsp3) is 1.00. The van der Waals surface area contributed by atoms with E-state index in [9.17, 15) is 5.11 Å². The van der Waals surface area contributed by atoms with Crippen molar-refractivity contribution in [1.29, 1.82) is 0 Å². The third kappa shape index (κ3) is 3.42. The standard InChI is InChI=1S/C12H25N3O/c1-14-6-8-15(9-7-14)5-4-13-10-12(11-16)2-3-12/h13,16H,2-11H2,1H3. The first kappa shape index (κ1) is 12.3. The van der Waals surface area contributed by atoms with Crippen molar-refractivity contribution in [3.8, 4) is 0 Å². The molecule has 0 aromatic rings. The van der Waals surface area contributed by atoms with Crippen LogP contribution in [0.4, 0.5) is 0 Å². The van der Waals surface area contributed by atoms with E-state index in [1.54, 1.807) is 0 Å². The summed E-state index contributed by atoms with van der Waals surface area (Å²) < 4.78 is 0. The van der Waals surface area contributed by atoms with Crippen molar-refractivity contribution in [3.05, 3.63) is 0 Å². The van der Waals surface area contributed by atoms with Gasteiger partial charge in [0.1, 0.15) is 0 Å². The Balaban J connectivity index is 1.51. The zero-order valence-electron chi connectivity index (χ0n) is 10.4. The molecular weight excluding hydrogens is 202 g/mol. The lowest BCUT2D eigenvalue weighted by molar-refractivity contribution is 0.152. The molecule has 1 saturated heterocycles. The van der Waals surface area contributed by atoms with Crippen molar-refractivity contribution in [1.82, 2.24) is 15.1 Å². The quantitative estimate of drug-likeness (QED) is 0.606. The number of hydrogen-bond donors (Lipinski definition) is 2. The minimum atomic E-state index is 0.252. The van der Waals surface area contributed by atoms with Crippen LogP contribution in [0.2, 0.25) is 0 Å². The molecule has 0 bridgehead atoms. The average Bonchev–Trinajstić information content (AvgIpc) is 3.08. The normalized spacial score (nSPS) is 25.9. The maximum atomic E-state index is 9.18. The smallest absolute Gasteiger partial charge is 0.0499 e. The van der Waals surface area contributed by atoms with Crippen LogP contribution in [0, 0.1) is 5.41 Å². The second-order valence-corrected chi connectivity index (χ2v) is 5.48. The molecule has 2 rings (SSSR count). The number of piperazine rings is 1. The van der Waals surface area contributed by atoms with E-state index in [1.807, 2.05) is 0 Å². The van der Waals surface area contributed by atoms with Crippen LogP contribution in [0.5, 0.6) is 0 Å². The number of nitrogens with one attached hydrogen (secondary N) is 1. The topological polar surface area (TPSA) is 38.7 Å². The Kier molecular flexibility index (Phi) is 4.19. The number of rotatable bonds is 6. The predicted octanol–water partition coefficient (Wildman–Crippen LogP) is -0.404. The van der Waals surface area contributed by atoms with Crippen molar-refractivity contribution in [2.75, 3.05) is 59.5 Å². The molecule has 0 radical (unpaired) electrons. The van der Waals surface area contributed by atoms with Gasteiger partial charge in [-0.15, -0.1) is 0 Å². The molecule has 2 fully saturated rings. The van der Waals surface area contributed by atoms with E-state index in [0.717, 1.165) is 19.6 Å². The first-order chi connectivity index (χ1) is 7.74. The molecule has 0 aromatic heterocycles. The highest BCUT2D eigenvalue weighted by molar-refractivity contribution is 4.94. The van der Waals surface area contributed by atoms with Gasteiger partial charge in [-0.25, -0.2) is 0 Å². The third-order valence-corrected chi connectivity index (χ3v) is 3.99. The minimum Gasteiger partial charge on any atom is -0.396 e. The van der Waals surface area contributed by atoms with Gasteiger partial charge >= 0.3 is 0 Å². The molecule has 0 aromatic carbocycles. The molecule has 0 unspecified atom stereocenters. The molecule has 1 aliphatic carbocycles. The monoisotopic (exact) mass is 227 g/mol. The highest BCUT2D eigenvalue weighted by atomic mass is 16.3. The van der Waals surface area contributed by atoms with Crippen molar-refractivity contribution in [2.45, 2.75) is 12.8 Å². The van der Waals surface area contributed by atoms with E-state index >= 15 is 0 Å². The number of aliphatic hydroxyl groups is 1. The molecule has 1 aliphatic heterocycles. The summed E-state index contributed by atoms with van der Waals surface area (Å²) in [5.41, 5.74) is 0.252. The molecule has 0 spiro atoms. The zero-order valence-corrected chi connectivity index (χ0v) is 10.4. The number of hydrogen-bond acceptors (Lipinski definition) is 4. The second kappa shape index (κ2) is 5.45. The Hall–Kier alpha value is -0.160. The van der Waals surface area contributed by atoms with Gasteiger partial charge in [-0.1, -0.05) is 0 Å². The Labute approximate surface area is 98.6 Å². The SMILES string of the molecule is CN1CCN(CCNCC2(CO)CC2)CC1. The van der Waals surface area contributed by atoms with E-state index in [-0.39, 0.29) is 5.41 Å². The minimum absolute atomic E-state index is 0.252. The summed E-state index contributed by atoms with van der Waals surface area (Å²) >= 11 is 0. The number of nitrogens with zero attached hydrogens (tertiary/aromatic N) is 2. The maximum Gasteiger partial charge on any atom is 0.0499 e. The molecule has 16 heavy (non-hydrogen) atoms. The van der Waals surface area contributed by atoms with Crippen LogP contribution in [0.15, 0.2) is 0 Å². The van der Waals surface area contributed by atoms with Crippen molar-refractivity contribution >= 4 is 0 Å². The fourth-order valence-corrected chi connectivity index (χ4v) is 2.23. The van der Waals surface area contributed by atoms with Gasteiger partial charge in [-0.2, -0.15) is 0 Å². The van der Waals surface area contributed by atoms with E-state index in [0.29, 0.717) is 6.61 Å². The molecule has 1 saturated carbocycles. The van der Waals surface area contributed by atoms with Gasteiger partial charge in [-0.05, 0) is 19.9 Å². The Morgan fingerprint density at radius 3 is 2.44 bits per heavy atom. The molecule has 1 heterocycles. The average molecular weight is 227 g/mol. The van der Waals surface area contributed by atoms with Crippen LogP contribution in [-0.4, -0.2) is 74.4 Å². The Bertz CT molecular complexity index is 210. The van der Waals surface area contributed by atoms with E-state index < -0.39 is 0 Å².